The molecule has 0 aliphatic rings. The molecule has 0 aromatic heterocycles. The van der Waals surface area contributed by atoms with Gasteiger partial charge in [0.15, 0.2) is 5.79 Å². The van der Waals surface area contributed by atoms with E-state index in [4.69, 9.17) is 37.4 Å². The highest BCUT2D eigenvalue weighted by Gasteiger charge is 2.35. The maximum Gasteiger partial charge on any atom is 0.200 e. The number of methoxy groups -OCH3 is 2. The normalized spacial score (nSPS) is 13.7. The SMILES string of the molecule is COCCCOC(Cc1ccccc1)(OC)c1ccc(Cl)cc1Cl. The zero-order chi connectivity index (χ0) is 17.4. The van der Waals surface area contributed by atoms with Gasteiger partial charge in [-0.25, -0.2) is 0 Å². The van der Waals surface area contributed by atoms with E-state index in [-0.39, 0.29) is 0 Å². The molecule has 2 aromatic carbocycles. The van der Waals surface area contributed by atoms with Crippen LogP contribution in [0.4, 0.5) is 0 Å². The summed E-state index contributed by atoms with van der Waals surface area (Å²) in [6.07, 6.45) is 1.31. The molecular formula is C19H22Cl2O3. The molecule has 5 heteroatoms. The highest BCUT2D eigenvalue weighted by atomic mass is 35.5. The van der Waals surface area contributed by atoms with Crippen LogP contribution in [0.25, 0.3) is 0 Å². The van der Waals surface area contributed by atoms with Crippen LogP contribution in [0.15, 0.2) is 48.5 Å². The lowest BCUT2D eigenvalue weighted by Gasteiger charge is -2.34. The van der Waals surface area contributed by atoms with Gasteiger partial charge in [-0.3, -0.25) is 0 Å². The summed E-state index contributed by atoms with van der Waals surface area (Å²) in [6, 6.07) is 15.4. The Bertz CT molecular complexity index is 634. The highest BCUT2D eigenvalue weighted by molar-refractivity contribution is 6.35. The Hall–Kier alpha value is -1.10. The quantitative estimate of drug-likeness (QED) is 0.455. The molecule has 2 aromatic rings. The molecule has 0 heterocycles. The molecule has 0 N–H and O–H groups in total. The molecule has 0 saturated heterocycles. The lowest BCUT2D eigenvalue weighted by Crippen LogP contribution is -2.35. The van der Waals surface area contributed by atoms with Crippen molar-refractivity contribution in [1.82, 2.24) is 0 Å². The maximum absolute atomic E-state index is 6.43. The zero-order valence-corrected chi connectivity index (χ0v) is 15.4. The molecular weight excluding hydrogens is 347 g/mol. The topological polar surface area (TPSA) is 27.7 Å². The predicted molar refractivity (Wildman–Crippen MR) is 97.7 cm³/mol. The number of ether oxygens (including phenoxy) is 3. The van der Waals surface area contributed by atoms with Crippen molar-refractivity contribution in [2.45, 2.75) is 18.6 Å². The average molecular weight is 369 g/mol. The van der Waals surface area contributed by atoms with E-state index in [9.17, 15) is 0 Å². The average Bonchev–Trinajstić information content (AvgIpc) is 2.59. The second-order valence-corrected chi connectivity index (χ2v) is 6.28. The molecule has 0 spiro atoms. The summed E-state index contributed by atoms with van der Waals surface area (Å²) in [5.74, 6) is -0.975. The van der Waals surface area contributed by atoms with Crippen molar-refractivity contribution in [2.24, 2.45) is 0 Å². The van der Waals surface area contributed by atoms with Gasteiger partial charge < -0.3 is 14.2 Å². The van der Waals surface area contributed by atoms with Crippen LogP contribution < -0.4 is 0 Å². The van der Waals surface area contributed by atoms with Gasteiger partial charge in [0.05, 0.1) is 11.6 Å². The first-order chi connectivity index (χ1) is 11.6. The van der Waals surface area contributed by atoms with E-state index in [1.54, 1.807) is 26.4 Å². The Labute approximate surface area is 153 Å². The van der Waals surface area contributed by atoms with Crippen molar-refractivity contribution in [1.29, 1.82) is 0 Å². The third-order valence-electron chi connectivity index (χ3n) is 3.78. The summed E-state index contributed by atoms with van der Waals surface area (Å²) in [5, 5.41) is 1.10. The lowest BCUT2D eigenvalue weighted by molar-refractivity contribution is -0.232. The fraction of sp³-hybridized carbons (Fsp3) is 0.368. The van der Waals surface area contributed by atoms with E-state index < -0.39 is 5.79 Å². The van der Waals surface area contributed by atoms with Crippen LogP contribution in [0.5, 0.6) is 0 Å². The molecule has 2 rings (SSSR count). The predicted octanol–water partition coefficient (Wildman–Crippen LogP) is 5.09. The molecule has 1 atom stereocenters. The van der Waals surface area contributed by atoms with Crippen molar-refractivity contribution in [2.75, 3.05) is 27.4 Å². The fourth-order valence-corrected chi connectivity index (χ4v) is 3.12. The summed E-state index contributed by atoms with van der Waals surface area (Å²) in [7, 11) is 3.30. The van der Waals surface area contributed by atoms with Crippen LogP contribution in [0, 0.1) is 0 Å². The Kier molecular flexibility index (Phi) is 7.53. The van der Waals surface area contributed by atoms with Gasteiger partial charge in [-0.2, -0.15) is 0 Å². The minimum atomic E-state index is -0.975. The number of halogens is 2. The van der Waals surface area contributed by atoms with Crippen molar-refractivity contribution in [3.8, 4) is 0 Å². The Balaban J connectivity index is 2.34. The van der Waals surface area contributed by atoms with Gasteiger partial charge in [0, 0.05) is 37.8 Å². The second-order valence-electron chi connectivity index (χ2n) is 5.44. The van der Waals surface area contributed by atoms with Crippen molar-refractivity contribution in [3.63, 3.8) is 0 Å². The third-order valence-corrected chi connectivity index (χ3v) is 4.33. The largest absolute Gasteiger partial charge is 0.385 e. The number of benzene rings is 2. The Morgan fingerprint density at radius 3 is 2.33 bits per heavy atom. The van der Waals surface area contributed by atoms with Gasteiger partial charge in [-0.15, -0.1) is 0 Å². The minimum Gasteiger partial charge on any atom is -0.385 e. The molecule has 0 saturated carbocycles. The smallest absolute Gasteiger partial charge is 0.200 e. The van der Waals surface area contributed by atoms with Gasteiger partial charge in [-0.1, -0.05) is 59.6 Å². The van der Waals surface area contributed by atoms with Crippen LogP contribution in [0.3, 0.4) is 0 Å². The van der Waals surface area contributed by atoms with Crippen molar-refractivity contribution >= 4 is 23.2 Å². The molecule has 0 bridgehead atoms. The number of hydrogen-bond acceptors (Lipinski definition) is 3. The Morgan fingerprint density at radius 2 is 1.71 bits per heavy atom. The summed E-state index contributed by atoms with van der Waals surface area (Å²) >= 11 is 12.5. The first kappa shape index (κ1) is 19.2. The van der Waals surface area contributed by atoms with Crippen LogP contribution >= 0.6 is 23.2 Å². The molecule has 24 heavy (non-hydrogen) atoms. The Morgan fingerprint density at radius 1 is 0.958 bits per heavy atom. The second kappa shape index (κ2) is 9.40. The van der Waals surface area contributed by atoms with Crippen molar-refractivity contribution in [3.05, 3.63) is 69.7 Å². The van der Waals surface area contributed by atoms with Crippen molar-refractivity contribution < 1.29 is 14.2 Å². The molecule has 0 radical (unpaired) electrons. The zero-order valence-electron chi connectivity index (χ0n) is 13.9. The van der Waals surface area contributed by atoms with Crippen LogP contribution in [0.1, 0.15) is 17.5 Å². The molecule has 0 amide bonds. The highest BCUT2D eigenvalue weighted by Crippen LogP contribution is 2.37. The first-order valence-corrected chi connectivity index (χ1v) is 8.54. The molecule has 130 valence electrons. The number of rotatable bonds is 9. The summed E-state index contributed by atoms with van der Waals surface area (Å²) in [5.41, 5.74) is 1.86. The molecule has 0 aliphatic carbocycles. The lowest BCUT2D eigenvalue weighted by atomic mass is 9.97. The summed E-state index contributed by atoms with van der Waals surface area (Å²) in [6.45, 7) is 1.12. The van der Waals surface area contributed by atoms with Gasteiger partial charge >= 0.3 is 0 Å². The monoisotopic (exact) mass is 368 g/mol. The van der Waals surface area contributed by atoms with Gasteiger partial charge in [0.1, 0.15) is 0 Å². The van der Waals surface area contributed by atoms with Gasteiger partial charge in [-0.05, 0) is 24.1 Å². The molecule has 0 fully saturated rings. The van der Waals surface area contributed by atoms with Gasteiger partial charge in [0.25, 0.3) is 0 Å². The molecule has 1 unspecified atom stereocenters. The molecule has 0 aliphatic heterocycles. The number of hydrogen-bond donors (Lipinski definition) is 0. The maximum atomic E-state index is 6.43. The minimum absolute atomic E-state index is 0.494. The van der Waals surface area contributed by atoms with Crippen LogP contribution in [-0.2, 0) is 26.4 Å². The molecule has 3 nitrogen and oxygen atoms in total. The van der Waals surface area contributed by atoms with E-state index in [1.807, 2.05) is 36.4 Å². The van der Waals surface area contributed by atoms with E-state index in [0.29, 0.717) is 29.7 Å². The van der Waals surface area contributed by atoms with E-state index >= 15 is 0 Å². The first-order valence-electron chi connectivity index (χ1n) is 7.79. The van der Waals surface area contributed by atoms with E-state index in [1.165, 1.54) is 0 Å². The fourth-order valence-electron chi connectivity index (χ4n) is 2.57. The van der Waals surface area contributed by atoms with E-state index in [0.717, 1.165) is 17.5 Å². The standard InChI is InChI=1S/C19H22Cl2O3/c1-22-11-6-12-24-19(23-2,14-15-7-4-3-5-8-15)17-10-9-16(20)13-18(17)21/h3-5,7-10,13H,6,11-12,14H2,1-2H3. The van der Waals surface area contributed by atoms with Gasteiger partial charge in [0.2, 0.25) is 0 Å². The summed E-state index contributed by atoms with van der Waals surface area (Å²) in [4.78, 5) is 0. The van der Waals surface area contributed by atoms with Crippen LogP contribution in [0.2, 0.25) is 10.0 Å². The van der Waals surface area contributed by atoms with E-state index in [2.05, 4.69) is 0 Å². The summed E-state index contributed by atoms with van der Waals surface area (Å²) < 4.78 is 17.1. The third kappa shape index (κ3) is 4.95. The van der Waals surface area contributed by atoms with Crippen LogP contribution in [-0.4, -0.2) is 27.4 Å².